The van der Waals surface area contributed by atoms with Gasteiger partial charge in [0.05, 0.1) is 4.92 Å². The lowest BCUT2D eigenvalue weighted by atomic mass is 10.2. The number of halogens is 4. The highest BCUT2D eigenvalue weighted by Gasteiger charge is 2.35. The summed E-state index contributed by atoms with van der Waals surface area (Å²) in [6, 6.07) is 4.88. The Morgan fingerprint density at radius 1 is 1.35 bits per heavy atom. The average molecular weight is 350 g/mol. The van der Waals surface area contributed by atoms with Crippen LogP contribution in [0.15, 0.2) is 28.7 Å². The zero-order valence-corrected chi connectivity index (χ0v) is 11.6. The standard InChI is InChI=1S/C11H7BrF3N3O2/c1-6-4-10(11(13,14)15)16-17(6)8-3-2-7(12)5-9(8)18(19)20/h2-5H,1H3. The van der Waals surface area contributed by atoms with Crippen LogP contribution >= 0.6 is 15.9 Å². The molecule has 0 fully saturated rings. The van der Waals surface area contributed by atoms with Gasteiger partial charge in [-0.1, -0.05) is 15.9 Å². The molecule has 20 heavy (non-hydrogen) atoms. The molecule has 0 aliphatic rings. The van der Waals surface area contributed by atoms with Gasteiger partial charge in [-0.25, -0.2) is 4.68 Å². The molecule has 1 aromatic carbocycles. The van der Waals surface area contributed by atoms with E-state index in [1.807, 2.05) is 0 Å². The van der Waals surface area contributed by atoms with Crippen molar-refractivity contribution in [3.8, 4) is 5.69 Å². The number of benzene rings is 1. The molecule has 5 nitrogen and oxygen atoms in total. The van der Waals surface area contributed by atoms with E-state index in [1.54, 1.807) is 0 Å². The summed E-state index contributed by atoms with van der Waals surface area (Å²) >= 11 is 3.08. The van der Waals surface area contributed by atoms with E-state index in [1.165, 1.54) is 25.1 Å². The van der Waals surface area contributed by atoms with Gasteiger partial charge in [-0.2, -0.15) is 18.3 Å². The summed E-state index contributed by atoms with van der Waals surface area (Å²) in [5.41, 5.74) is -1.29. The topological polar surface area (TPSA) is 61.0 Å². The van der Waals surface area contributed by atoms with Gasteiger partial charge in [0.1, 0.15) is 5.69 Å². The van der Waals surface area contributed by atoms with Gasteiger partial charge in [0, 0.05) is 16.2 Å². The molecule has 0 saturated carbocycles. The molecule has 0 saturated heterocycles. The molecule has 2 aromatic rings. The van der Waals surface area contributed by atoms with Crippen molar-refractivity contribution in [3.63, 3.8) is 0 Å². The van der Waals surface area contributed by atoms with E-state index in [4.69, 9.17) is 0 Å². The average Bonchev–Trinajstić information content (AvgIpc) is 2.71. The Balaban J connectivity index is 2.63. The molecule has 0 N–H and O–H groups in total. The van der Waals surface area contributed by atoms with Crippen LogP contribution < -0.4 is 0 Å². The number of hydrogen-bond acceptors (Lipinski definition) is 3. The first-order chi connectivity index (χ1) is 9.20. The smallest absolute Gasteiger partial charge is 0.258 e. The Labute approximate surface area is 119 Å². The third-order valence-corrected chi connectivity index (χ3v) is 3.03. The number of aryl methyl sites for hydroxylation is 1. The molecule has 0 atom stereocenters. The minimum Gasteiger partial charge on any atom is -0.258 e. The maximum atomic E-state index is 12.6. The van der Waals surface area contributed by atoms with Gasteiger partial charge >= 0.3 is 6.18 Å². The minimum absolute atomic E-state index is 0.0220. The fourth-order valence-electron chi connectivity index (χ4n) is 1.68. The van der Waals surface area contributed by atoms with Crippen LogP contribution in [-0.4, -0.2) is 14.7 Å². The normalized spacial score (nSPS) is 11.7. The number of nitro groups is 1. The SMILES string of the molecule is Cc1cc(C(F)(F)F)nn1-c1ccc(Br)cc1[N+](=O)[O-]. The summed E-state index contributed by atoms with van der Waals surface area (Å²) < 4.78 is 39.2. The molecule has 0 bridgehead atoms. The Morgan fingerprint density at radius 2 is 2.00 bits per heavy atom. The highest BCUT2D eigenvalue weighted by atomic mass is 79.9. The van der Waals surface area contributed by atoms with Gasteiger partial charge in [-0.3, -0.25) is 10.1 Å². The van der Waals surface area contributed by atoms with E-state index in [0.717, 1.165) is 10.7 Å². The summed E-state index contributed by atoms with van der Waals surface area (Å²) in [5.74, 6) is 0. The first-order valence-corrected chi connectivity index (χ1v) is 6.07. The molecule has 0 aliphatic heterocycles. The number of nitrogens with zero attached hydrogens (tertiary/aromatic N) is 3. The highest BCUT2D eigenvalue weighted by molar-refractivity contribution is 9.10. The molecular formula is C11H7BrF3N3O2. The predicted octanol–water partition coefficient (Wildman–Crippen LogP) is 3.87. The molecule has 9 heteroatoms. The number of alkyl halides is 3. The van der Waals surface area contributed by atoms with Crippen LogP contribution in [0.25, 0.3) is 5.69 Å². The third-order valence-electron chi connectivity index (χ3n) is 2.54. The van der Waals surface area contributed by atoms with Gasteiger partial charge in [0.2, 0.25) is 0 Å². The molecule has 0 amide bonds. The second-order valence-corrected chi connectivity index (χ2v) is 4.89. The van der Waals surface area contributed by atoms with Crippen molar-refractivity contribution < 1.29 is 18.1 Å². The third kappa shape index (κ3) is 2.67. The lowest BCUT2D eigenvalue weighted by Gasteiger charge is -2.06. The van der Waals surface area contributed by atoms with E-state index in [2.05, 4.69) is 21.0 Å². The fraction of sp³-hybridized carbons (Fsp3) is 0.182. The van der Waals surface area contributed by atoms with Crippen LogP contribution in [0.5, 0.6) is 0 Å². The summed E-state index contributed by atoms with van der Waals surface area (Å²) in [6.07, 6.45) is -4.60. The van der Waals surface area contributed by atoms with Gasteiger partial charge in [0.25, 0.3) is 5.69 Å². The van der Waals surface area contributed by atoms with E-state index in [0.29, 0.717) is 4.47 Å². The van der Waals surface area contributed by atoms with Crippen molar-refractivity contribution in [3.05, 3.63) is 50.2 Å². The van der Waals surface area contributed by atoms with Crippen LogP contribution in [0.3, 0.4) is 0 Å². The lowest BCUT2D eigenvalue weighted by Crippen LogP contribution is -2.08. The first kappa shape index (κ1) is 14.5. The largest absolute Gasteiger partial charge is 0.435 e. The Bertz CT molecular complexity index is 682. The number of aromatic nitrogens is 2. The summed E-state index contributed by atoms with van der Waals surface area (Å²) in [4.78, 5) is 10.3. The van der Waals surface area contributed by atoms with Crippen LogP contribution in [0.2, 0.25) is 0 Å². The van der Waals surface area contributed by atoms with E-state index in [-0.39, 0.29) is 17.1 Å². The quantitative estimate of drug-likeness (QED) is 0.610. The van der Waals surface area contributed by atoms with Crippen molar-refractivity contribution in [2.24, 2.45) is 0 Å². The van der Waals surface area contributed by atoms with Crippen molar-refractivity contribution in [1.29, 1.82) is 0 Å². The number of nitro benzene ring substituents is 1. The highest BCUT2D eigenvalue weighted by Crippen LogP contribution is 2.32. The zero-order chi connectivity index (χ0) is 15.1. The molecule has 1 heterocycles. The van der Waals surface area contributed by atoms with E-state index in [9.17, 15) is 23.3 Å². The number of rotatable bonds is 2. The Morgan fingerprint density at radius 3 is 2.50 bits per heavy atom. The Hall–Kier alpha value is -1.90. The zero-order valence-electron chi connectivity index (χ0n) is 9.98. The van der Waals surface area contributed by atoms with Gasteiger partial charge in [-0.15, -0.1) is 0 Å². The molecule has 0 aliphatic carbocycles. The first-order valence-electron chi connectivity index (χ1n) is 5.28. The van der Waals surface area contributed by atoms with E-state index >= 15 is 0 Å². The second kappa shape index (κ2) is 4.89. The molecule has 106 valence electrons. The van der Waals surface area contributed by atoms with Crippen molar-refractivity contribution in [1.82, 2.24) is 9.78 Å². The van der Waals surface area contributed by atoms with Crippen LogP contribution in [0.4, 0.5) is 18.9 Å². The van der Waals surface area contributed by atoms with Crippen molar-refractivity contribution >= 4 is 21.6 Å². The minimum atomic E-state index is -4.60. The monoisotopic (exact) mass is 349 g/mol. The molecule has 2 rings (SSSR count). The van der Waals surface area contributed by atoms with Crippen molar-refractivity contribution in [2.45, 2.75) is 13.1 Å². The van der Waals surface area contributed by atoms with Crippen LogP contribution in [0, 0.1) is 17.0 Å². The van der Waals surface area contributed by atoms with Crippen LogP contribution in [-0.2, 0) is 6.18 Å². The fourth-order valence-corrected chi connectivity index (χ4v) is 2.03. The summed E-state index contributed by atoms with van der Waals surface area (Å²) in [7, 11) is 0. The van der Waals surface area contributed by atoms with Crippen LogP contribution in [0.1, 0.15) is 11.4 Å². The van der Waals surface area contributed by atoms with Gasteiger partial charge < -0.3 is 0 Å². The van der Waals surface area contributed by atoms with Crippen molar-refractivity contribution in [2.75, 3.05) is 0 Å². The lowest BCUT2D eigenvalue weighted by molar-refractivity contribution is -0.384. The van der Waals surface area contributed by atoms with Gasteiger partial charge in [-0.05, 0) is 25.1 Å². The maximum absolute atomic E-state index is 12.6. The summed E-state index contributed by atoms with van der Waals surface area (Å²) in [6.45, 7) is 1.40. The Kier molecular flexibility index (Phi) is 3.55. The molecule has 0 unspecified atom stereocenters. The maximum Gasteiger partial charge on any atom is 0.435 e. The summed E-state index contributed by atoms with van der Waals surface area (Å²) in [5, 5.41) is 14.4. The van der Waals surface area contributed by atoms with E-state index < -0.39 is 16.8 Å². The molecular weight excluding hydrogens is 343 g/mol. The predicted molar refractivity (Wildman–Crippen MR) is 67.7 cm³/mol. The molecule has 0 spiro atoms. The molecule has 1 aromatic heterocycles. The number of hydrogen-bond donors (Lipinski definition) is 0. The van der Waals surface area contributed by atoms with Gasteiger partial charge in [0.15, 0.2) is 5.69 Å². The molecule has 0 radical (unpaired) electrons. The second-order valence-electron chi connectivity index (χ2n) is 3.97.